The lowest BCUT2D eigenvalue weighted by atomic mass is 9.79. The van der Waals surface area contributed by atoms with E-state index in [1.165, 1.54) is 0 Å². The number of carboxylic acid groups (broad SMARTS) is 1. The van der Waals surface area contributed by atoms with Crippen molar-refractivity contribution >= 4 is 11.9 Å². The predicted molar refractivity (Wildman–Crippen MR) is 62.6 cm³/mol. The van der Waals surface area contributed by atoms with Crippen LogP contribution >= 0.6 is 0 Å². The van der Waals surface area contributed by atoms with Gasteiger partial charge in [0.05, 0.1) is 11.5 Å². The van der Waals surface area contributed by atoms with E-state index >= 15 is 0 Å². The highest BCUT2D eigenvalue weighted by atomic mass is 16.4. The Hall–Kier alpha value is -1.18. The number of primary amides is 1. The quantitative estimate of drug-likeness (QED) is 0.392. The zero-order chi connectivity index (χ0) is 13.8. The molecular weight excluding hydrogens is 240 g/mol. The monoisotopic (exact) mass is 260 g/mol. The minimum absolute atomic E-state index is 0.0139. The summed E-state index contributed by atoms with van der Waals surface area (Å²) in [7, 11) is 0. The topological polar surface area (TPSA) is 133 Å². The van der Waals surface area contributed by atoms with Gasteiger partial charge >= 0.3 is 5.97 Å². The number of nitrogens with two attached hydrogens (primary N) is 1. The molecule has 0 bridgehead atoms. The maximum absolute atomic E-state index is 10.8. The third-order valence-electron chi connectivity index (χ3n) is 3.39. The Bertz CT molecular complexity index is 313. The maximum Gasteiger partial charge on any atom is 0.306 e. The Morgan fingerprint density at radius 2 is 1.94 bits per heavy atom. The summed E-state index contributed by atoms with van der Waals surface area (Å²) in [6, 6.07) is 0. The second-order valence-corrected chi connectivity index (χ2v) is 4.89. The molecule has 1 saturated carbocycles. The van der Waals surface area contributed by atoms with Crippen molar-refractivity contribution in [3.05, 3.63) is 0 Å². The van der Waals surface area contributed by atoms with Crippen molar-refractivity contribution in [2.24, 2.45) is 11.7 Å². The number of aliphatic hydroxyl groups excluding tert-OH is 1. The van der Waals surface area contributed by atoms with Gasteiger partial charge in [-0.1, -0.05) is 0 Å². The molecule has 1 fully saturated rings. The van der Waals surface area contributed by atoms with Crippen LogP contribution in [0.1, 0.15) is 25.7 Å². The number of carbonyl (C=O) groups is 2. The van der Waals surface area contributed by atoms with Gasteiger partial charge in [0, 0.05) is 13.1 Å². The number of nitrogens with one attached hydrogen (secondary N) is 1. The Labute approximate surface area is 105 Å². The molecule has 18 heavy (non-hydrogen) atoms. The molecule has 0 spiro atoms. The Balaban J connectivity index is 2.30. The van der Waals surface area contributed by atoms with E-state index in [0.29, 0.717) is 25.7 Å². The minimum Gasteiger partial charge on any atom is -0.481 e. The van der Waals surface area contributed by atoms with Crippen molar-refractivity contribution in [2.75, 3.05) is 13.1 Å². The Morgan fingerprint density at radius 3 is 2.39 bits per heavy atom. The molecular formula is C11H20N2O5. The fraction of sp³-hybridized carbons (Fsp3) is 0.818. The summed E-state index contributed by atoms with van der Waals surface area (Å²) in [5.74, 6) is -2.03. The zero-order valence-corrected chi connectivity index (χ0v) is 10.1. The van der Waals surface area contributed by atoms with E-state index in [4.69, 9.17) is 15.9 Å². The number of hydrogen-bond donors (Lipinski definition) is 5. The molecule has 6 N–H and O–H groups in total. The molecule has 0 aromatic carbocycles. The van der Waals surface area contributed by atoms with Crippen molar-refractivity contribution in [1.29, 1.82) is 0 Å². The van der Waals surface area contributed by atoms with Gasteiger partial charge in [0.1, 0.15) is 6.10 Å². The van der Waals surface area contributed by atoms with Crippen LogP contribution in [0, 0.1) is 5.92 Å². The molecule has 0 saturated heterocycles. The smallest absolute Gasteiger partial charge is 0.306 e. The molecule has 1 rings (SSSR count). The van der Waals surface area contributed by atoms with E-state index in [1.807, 2.05) is 0 Å². The molecule has 0 radical (unpaired) electrons. The normalized spacial score (nSPS) is 29.8. The highest BCUT2D eigenvalue weighted by molar-refractivity contribution is 5.78. The van der Waals surface area contributed by atoms with Gasteiger partial charge < -0.3 is 26.4 Å². The molecule has 0 heterocycles. The van der Waals surface area contributed by atoms with Gasteiger partial charge in [-0.3, -0.25) is 9.59 Å². The number of carbonyl (C=O) groups excluding carboxylic acids is 1. The van der Waals surface area contributed by atoms with Gasteiger partial charge in [-0.15, -0.1) is 0 Å². The molecule has 7 nitrogen and oxygen atoms in total. The van der Waals surface area contributed by atoms with E-state index in [9.17, 15) is 14.7 Å². The van der Waals surface area contributed by atoms with E-state index in [1.54, 1.807) is 0 Å². The third-order valence-corrected chi connectivity index (χ3v) is 3.39. The van der Waals surface area contributed by atoms with Crippen LogP contribution in [-0.4, -0.2) is 52.0 Å². The third kappa shape index (κ3) is 4.25. The maximum atomic E-state index is 10.8. The standard InChI is InChI=1S/C11H20N2O5/c12-9(15)8(14)5-13-6-11(18)3-1-7(2-4-11)10(16)17/h7-8,13-14,18H,1-6H2,(H2,12,15)(H,16,17). The molecule has 1 unspecified atom stereocenters. The van der Waals surface area contributed by atoms with Crippen LogP contribution in [0.4, 0.5) is 0 Å². The fourth-order valence-corrected chi connectivity index (χ4v) is 2.12. The highest BCUT2D eigenvalue weighted by Gasteiger charge is 2.35. The van der Waals surface area contributed by atoms with Crippen LogP contribution in [0.5, 0.6) is 0 Å². The first kappa shape index (κ1) is 14.9. The number of aliphatic carboxylic acids is 1. The van der Waals surface area contributed by atoms with Crippen LogP contribution in [0.2, 0.25) is 0 Å². The van der Waals surface area contributed by atoms with Gasteiger partial charge in [-0.2, -0.15) is 0 Å². The summed E-state index contributed by atoms with van der Waals surface area (Å²) in [5, 5.41) is 30.9. The summed E-state index contributed by atoms with van der Waals surface area (Å²) in [6.07, 6.45) is 0.384. The van der Waals surface area contributed by atoms with E-state index in [-0.39, 0.29) is 19.0 Å². The first-order valence-electron chi connectivity index (χ1n) is 5.97. The number of amides is 1. The molecule has 1 aliphatic rings. The number of aliphatic hydroxyl groups is 2. The van der Waals surface area contributed by atoms with Gasteiger partial charge in [0.15, 0.2) is 0 Å². The molecule has 1 aliphatic carbocycles. The molecule has 0 aromatic rings. The molecule has 0 aliphatic heterocycles. The van der Waals surface area contributed by atoms with Crippen LogP contribution in [0.15, 0.2) is 0 Å². The van der Waals surface area contributed by atoms with Crippen LogP contribution in [0.3, 0.4) is 0 Å². The first-order valence-corrected chi connectivity index (χ1v) is 5.97. The predicted octanol–water partition coefficient (Wildman–Crippen LogP) is -1.57. The van der Waals surface area contributed by atoms with Crippen LogP contribution in [0.25, 0.3) is 0 Å². The van der Waals surface area contributed by atoms with Gasteiger partial charge in [0.25, 0.3) is 0 Å². The van der Waals surface area contributed by atoms with E-state index < -0.39 is 23.6 Å². The lowest BCUT2D eigenvalue weighted by Gasteiger charge is -2.35. The molecule has 1 atom stereocenters. The second-order valence-electron chi connectivity index (χ2n) is 4.89. The van der Waals surface area contributed by atoms with Crippen molar-refractivity contribution in [3.63, 3.8) is 0 Å². The summed E-state index contributed by atoms with van der Waals surface area (Å²) in [4.78, 5) is 21.3. The highest BCUT2D eigenvalue weighted by Crippen LogP contribution is 2.31. The van der Waals surface area contributed by atoms with E-state index in [0.717, 1.165) is 0 Å². The molecule has 7 heteroatoms. The lowest BCUT2D eigenvalue weighted by molar-refractivity contribution is -0.144. The molecule has 1 amide bonds. The number of carboxylic acids is 1. The summed E-state index contributed by atoms with van der Waals surface area (Å²) in [6.45, 7) is 0.198. The largest absolute Gasteiger partial charge is 0.481 e. The second kappa shape index (κ2) is 6.12. The van der Waals surface area contributed by atoms with E-state index in [2.05, 4.69) is 5.32 Å². The lowest BCUT2D eigenvalue weighted by Crippen LogP contribution is -2.47. The Morgan fingerprint density at radius 1 is 1.39 bits per heavy atom. The summed E-state index contributed by atoms with van der Waals surface area (Å²) >= 11 is 0. The van der Waals surface area contributed by atoms with Gasteiger partial charge in [-0.05, 0) is 25.7 Å². The van der Waals surface area contributed by atoms with Crippen molar-refractivity contribution < 1.29 is 24.9 Å². The Kier molecular flexibility index (Phi) is 5.06. The van der Waals surface area contributed by atoms with Gasteiger partial charge in [-0.25, -0.2) is 0 Å². The van der Waals surface area contributed by atoms with Crippen molar-refractivity contribution in [2.45, 2.75) is 37.4 Å². The van der Waals surface area contributed by atoms with Crippen molar-refractivity contribution in [1.82, 2.24) is 5.32 Å². The average molecular weight is 260 g/mol. The first-order chi connectivity index (χ1) is 8.34. The number of hydrogen-bond acceptors (Lipinski definition) is 5. The SMILES string of the molecule is NC(=O)C(O)CNCC1(O)CCC(C(=O)O)CC1. The van der Waals surface area contributed by atoms with Crippen molar-refractivity contribution in [3.8, 4) is 0 Å². The fourth-order valence-electron chi connectivity index (χ4n) is 2.12. The number of rotatable bonds is 6. The minimum atomic E-state index is -1.27. The average Bonchev–Trinajstić information content (AvgIpc) is 2.29. The summed E-state index contributed by atoms with van der Waals surface area (Å²) in [5.41, 5.74) is 3.91. The van der Waals surface area contributed by atoms with Gasteiger partial charge in [0.2, 0.25) is 5.91 Å². The zero-order valence-electron chi connectivity index (χ0n) is 10.1. The molecule has 104 valence electrons. The van der Waals surface area contributed by atoms with Crippen LogP contribution < -0.4 is 11.1 Å². The van der Waals surface area contributed by atoms with Crippen LogP contribution in [-0.2, 0) is 9.59 Å². The molecule has 0 aromatic heterocycles. The summed E-state index contributed by atoms with van der Waals surface area (Å²) < 4.78 is 0.